The zero-order valence-electron chi connectivity index (χ0n) is 16.6. The first kappa shape index (κ1) is 18.5. The minimum Gasteiger partial charge on any atom is -0.407 e. The second-order valence-corrected chi connectivity index (χ2v) is 8.35. The minimum atomic E-state index is -0.637. The molecular weight excluding hydrogens is 328 g/mol. The molecule has 0 amide bonds. The molecule has 3 rings (SSSR count). The fourth-order valence-corrected chi connectivity index (χ4v) is 3.67. The number of fused-ring (bicyclic) bond motifs is 1. The van der Waals surface area contributed by atoms with Gasteiger partial charge >= 0.3 is 5.97 Å². The van der Waals surface area contributed by atoms with Crippen LogP contribution in [0, 0.1) is 26.2 Å². The number of nitrogens with zero attached hydrogens (tertiary/aromatic N) is 2. The molecule has 1 aliphatic heterocycles. The summed E-state index contributed by atoms with van der Waals surface area (Å²) in [6.07, 6.45) is 1.93. The predicted octanol–water partition coefficient (Wildman–Crippen LogP) is 3.99. The Balaban J connectivity index is 2.27. The van der Waals surface area contributed by atoms with Crippen molar-refractivity contribution < 1.29 is 9.53 Å². The van der Waals surface area contributed by atoms with Gasteiger partial charge in [-0.25, -0.2) is 4.68 Å². The Kier molecular flexibility index (Phi) is 4.59. The van der Waals surface area contributed by atoms with Crippen molar-refractivity contribution in [2.24, 2.45) is 5.41 Å². The molecule has 0 spiro atoms. The number of aromatic nitrogens is 2. The topological polar surface area (TPSA) is 53.2 Å². The van der Waals surface area contributed by atoms with Crippen molar-refractivity contribution in [1.82, 2.24) is 9.36 Å². The van der Waals surface area contributed by atoms with Gasteiger partial charge in [-0.2, -0.15) is 0 Å². The third kappa shape index (κ3) is 3.11. The number of esters is 1. The third-order valence-electron chi connectivity index (χ3n) is 4.91. The van der Waals surface area contributed by atoms with Crippen LogP contribution in [0.1, 0.15) is 50.3 Å². The Labute approximate surface area is 154 Å². The van der Waals surface area contributed by atoms with E-state index in [2.05, 4.69) is 12.1 Å². The quantitative estimate of drug-likeness (QED) is 0.765. The molecular formula is C21H28N2O3. The van der Waals surface area contributed by atoms with Crippen molar-refractivity contribution >= 4 is 5.97 Å². The van der Waals surface area contributed by atoms with Gasteiger partial charge in [0.1, 0.15) is 5.56 Å². The van der Waals surface area contributed by atoms with Crippen molar-refractivity contribution in [2.75, 3.05) is 0 Å². The summed E-state index contributed by atoms with van der Waals surface area (Å²) in [5, 5.41) is 0. The SMILES string of the molecule is Cc1cc(C)c(-c2c(OC(=O)C(C)(C)C)n3n(c2=O)CCCC3)c(C)c1. The van der Waals surface area contributed by atoms with Crippen molar-refractivity contribution in [3.8, 4) is 17.0 Å². The first-order valence-corrected chi connectivity index (χ1v) is 9.25. The summed E-state index contributed by atoms with van der Waals surface area (Å²) in [5.41, 5.74) is 3.89. The van der Waals surface area contributed by atoms with Crippen LogP contribution < -0.4 is 10.3 Å². The van der Waals surface area contributed by atoms with E-state index >= 15 is 0 Å². The molecule has 0 bridgehead atoms. The Hall–Kier alpha value is -2.30. The van der Waals surface area contributed by atoms with Crippen LogP contribution in [0.4, 0.5) is 0 Å². The molecule has 0 radical (unpaired) electrons. The lowest BCUT2D eigenvalue weighted by Crippen LogP contribution is -2.29. The van der Waals surface area contributed by atoms with Gasteiger partial charge in [0, 0.05) is 13.1 Å². The smallest absolute Gasteiger partial charge is 0.317 e. The molecule has 0 aliphatic carbocycles. The van der Waals surface area contributed by atoms with E-state index in [1.54, 1.807) is 4.68 Å². The average molecular weight is 356 g/mol. The molecule has 1 aromatic carbocycles. The fourth-order valence-electron chi connectivity index (χ4n) is 3.67. The predicted molar refractivity (Wildman–Crippen MR) is 103 cm³/mol. The Morgan fingerprint density at radius 2 is 1.50 bits per heavy atom. The van der Waals surface area contributed by atoms with Crippen LogP contribution in [0.5, 0.6) is 5.88 Å². The molecule has 0 atom stereocenters. The van der Waals surface area contributed by atoms with E-state index in [4.69, 9.17) is 4.74 Å². The second-order valence-electron chi connectivity index (χ2n) is 8.35. The molecule has 0 saturated carbocycles. The van der Waals surface area contributed by atoms with Gasteiger partial charge in [0.05, 0.1) is 5.41 Å². The summed E-state index contributed by atoms with van der Waals surface area (Å²) in [6, 6.07) is 4.14. The normalized spacial score (nSPS) is 14.2. The summed E-state index contributed by atoms with van der Waals surface area (Å²) < 4.78 is 9.40. The molecule has 0 fully saturated rings. The zero-order chi connectivity index (χ0) is 19.2. The minimum absolute atomic E-state index is 0.0727. The van der Waals surface area contributed by atoms with Crippen LogP contribution in [0.15, 0.2) is 16.9 Å². The van der Waals surface area contributed by atoms with Gasteiger partial charge in [0.2, 0.25) is 5.88 Å². The lowest BCUT2D eigenvalue weighted by molar-refractivity contribution is -0.143. The van der Waals surface area contributed by atoms with E-state index in [1.807, 2.05) is 46.2 Å². The highest BCUT2D eigenvalue weighted by Gasteiger charge is 2.31. The Bertz CT molecular complexity index is 903. The van der Waals surface area contributed by atoms with E-state index in [0.29, 0.717) is 24.5 Å². The number of benzene rings is 1. The molecule has 0 N–H and O–H groups in total. The molecule has 2 aromatic rings. The first-order chi connectivity index (χ1) is 12.1. The number of carbonyl (C=O) groups is 1. The Morgan fingerprint density at radius 1 is 0.962 bits per heavy atom. The van der Waals surface area contributed by atoms with Crippen molar-refractivity contribution in [3.05, 3.63) is 39.2 Å². The molecule has 2 heterocycles. The number of hydrogen-bond donors (Lipinski definition) is 0. The average Bonchev–Trinajstić information content (AvgIpc) is 2.79. The molecule has 1 aromatic heterocycles. The highest BCUT2D eigenvalue weighted by molar-refractivity contribution is 5.82. The number of aryl methyl sites for hydroxylation is 3. The van der Waals surface area contributed by atoms with Gasteiger partial charge in [0.25, 0.3) is 5.56 Å². The highest BCUT2D eigenvalue weighted by atomic mass is 16.5. The van der Waals surface area contributed by atoms with Gasteiger partial charge in [0.15, 0.2) is 0 Å². The fraction of sp³-hybridized carbons (Fsp3) is 0.524. The van der Waals surface area contributed by atoms with Gasteiger partial charge < -0.3 is 4.74 Å². The maximum atomic E-state index is 13.2. The molecule has 0 unspecified atom stereocenters. The number of rotatable bonds is 2. The van der Waals surface area contributed by atoms with Crippen LogP contribution in [0.25, 0.3) is 11.1 Å². The van der Waals surface area contributed by atoms with Crippen molar-refractivity contribution in [1.29, 1.82) is 0 Å². The summed E-state index contributed by atoms with van der Waals surface area (Å²) in [7, 11) is 0. The van der Waals surface area contributed by atoms with Gasteiger partial charge in [-0.3, -0.25) is 14.3 Å². The molecule has 0 saturated heterocycles. The van der Waals surface area contributed by atoms with Crippen LogP contribution in [-0.2, 0) is 17.9 Å². The van der Waals surface area contributed by atoms with Crippen LogP contribution in [0.2, 0.25) is 0 Å². The molecule has 1 aliphatic rings. The monoisotopic (exact) mass is 356 g/mol. The van der Waals surface area contributed by atoms with Crippen molar-refractivity contribution in [2.45, 2.75) is 67.5 Å². The van der Waals surface area contributed by atoms with E-state index in [0.717, 1.165) is 35.1 Å². The van der Waals surface area contributed by atoms with E-state index in [-0.39, 0.29) is 11.5 Å². The van der Waals surface area contributed by atoms with E-state index in [9.17, 15) is 9.59 Å². The van der Waals surface area contributed by atoms with Gasteiger partial charge in [-0.15, -0.1) is 0 Å². The summed E-state index contributed by atoms with van der Waals surface area (Å²) >= 11 is 0. The van der Waals surface area contributed by atoms with Crippen LogP contribution >= 0.6 is 0 Å². The first-order valence-electron chi connectivity index (χ1n) is 9.25. The number of hydrogen-bond acceptors (Lipinski definition) is 3. The molecule has 140 valence electrons. The second kappa shape index (κ2) is 6.45. The third-order valence-corrected chi connectivity index (χ3v) is 4.91. The summed E-state index contributed by atoms with van der Waals surface area (Å²) in [6.45, 7) is 12.9. The zero-order valence-corrected chi connectivity index (χ0v) is 16.6. The summed E-state index contributed by atoms with van der Waals surface area (Å²) in [4.78, 5) is 25.8. The van der Waals surface area contributed by atoms with Crippen LogP contribution in [0.3, 0.4) is 0 Å². The van der Waals surface area contributed by atoms with Crippen LogP contribution in [-0.4, -0.2) is 15.3 Å². The molecule has 5 nitrogen and oxygen atoms in total. The van der Waals surface area contributed by atoms with Gasteiger partial charge in [-0.1, -0.05) is 17.7 Å². The maximum Gasteiger partial charge on any atom is 0.317 e. The lowest BCUT2D eigenvalue weighted by Gasteiger charge is -2.21. The molecule has 5 heteroatoms. The highest BCUT2D eigenvalue weighted by Crippen LogP contribution is 2.35. The molecule has 26 heavy (non-hydrogen) atoms. The van der Waals surface area contributed by atoms with E-state index < -0.39 is 5.41 Å². The van der Waals surface area contributed by atoms with Crippen molar-refractivity contribution in [3.63, 3.8) is 0 Å². The maximum absolute atomic E-state index is 13.2. The Morgan fingerprint density at radius 3 is 2.04 bits per heavy atom. The number of ether oxygens (including phenoxy) is 1. The number of carbonyl (C=O) groups excluding carboxylic acids is 1. The largest absolute Gasteiger partial charge is 0.407 e. The standard InChI is InChI=1S/C21H28N2O3/c1-13-11-14(2)16(15(3)12-13)17-18(24)22-9-7-8-10-23(22)19(17)26-20(25)21(4,5)6/h11-12H,7-10H2,1-6H3. The van der Waals surface area contributed by atoms with Gasteiger partial charge in [-0.05, 0) is 71.1 Å². The summed E-state index contributed by atoms with van der Waals surface area (Å²) in [5.74, 6) is 0.0670. The lowest BCUT2D eigenvalue weighted by atomic mass is 9.95. The van der Waals surface area contributed by atoms with E-state index in [1.165, 1.54) is 0 Å².